The van der Waals surface area contributed by atoms with Gasteiger partial charge >= 0.3 is 0 Å². The molecule has 0 aliphatic carbocycles. The molecule has 4 nitrogen and oxygen atoms in total. The van der Waals surface area contributed by atoms with Gasteiger partial charge in [-0.2, -0.15) is 0 Å². The minimum Gasteiger partial charge on any atom is -0.420 e. The van der Waals surface area contributed by atoms with Crippen molar-refractivity contribution in [3.05, 3.63) is 59.0 Å². The molecule has 124 valence electrons. The molecule has 2 aromatic heterocycles. The smallest absolute Gasteiger partial charge is 0.257 e. The lowest BCUT2D eigenvalue weighted by molar-refractivity contribution is 0.193. The van der Waals surface area contributed by atoms with E-state index in [2.05, 4.69) is 15.1 Å². The fraction of sp³-hybridized carbons (Fsp3) is 0.333. The van der Waals surface area contributed by atoms with E-state index in [9.17, 15) is 4.39 Å². The van der Waals surface area contributed by atoms with Crippen molar-refractivity contribution in [2.24, 2.45) is 0 Å². The maximum Gasteiger partial charge on any atom is 0.257 e. The summed E-state index contributed by atoms with van der Waals surface area (Å²) in [6.45, 7) is 2.83. The molecule has 4 rings (SSSR count). The van der Waals surface area contributed by atoms with E-state index in [4.69, 9.17) is 4.42 Å². The molecular weight excluding hydrogens is 325 g/mol. The summed E-state index contributed by atoms with van der Waals surface area (Å²) in [5.74, 6) is 1.51. The second-order valence-electron chi connectivity index (χ2n) is 6.10. The largest absolute Gasteiger partial charge is 0.420 e. The highest BCUT2D eigenvalue weighted by Gasteiger charge is 2.25. The molecule has 0 spiro atoms. The zero-order valence-electron chi connectivity index (χ0n) is 13.2. The Morgan fingerprint density at radius 2 is 1.92 bits per heavy atom. The first-order valence-corrected chi connectivity index (χ1v) is 9.00. The number of rotatable bonds is 4. The molecule has 1 fully saturated rings. The number of hydrogen-bond acceptors (Lipinski definition) is 5. The Bertz CT molecular complexity index is 777. The summed E-state index contributed by atoms with van der Waals surface area (Å²) in [6.07, 6.45) is 2.01. The van der Waals surface area contributed by atoms with E-state index < -0.39 is 0 Å². The quantitative estimate of drug-likeness (QED) is 0.708. The van der Waals surface area contributed by atoms with Crippen LogP contribution in [-0.2, 0) is 6.54 Å². The van der Waals surface area contributed by atoms with Gasteiger partial charge in [-0.15, -0.1) is 21.5 Å². The van der Waals surface area contributed by atoms with Crippen LogP contribution in [0.3, 0.4) is 0 Å². The lowest BCUT2D eigenvalue weighted by atomic mass is 9.96. The second-order valence-corrected chi connectivity index (χ2v) is 7.05. The van der Waals surface area contributed by atoms with E-state index in [0.717, 1.165) is 48.8 Å². The summed E-state index contributed by atoms with van der Waals surface area (Å²) < 4.78 is 18.8. The first-order valence-electron chi connectivity index (χ1n) is 8.12. The second kappa shape index (κ2) is 6.83. The zero-order chi connectivity index (χ0) is 16.4. The molecule has 0 radical (unpaired) electrons. The van der Waals surface area contributed by atoms with E-state index in [1.807, 2.05) is 29.6 Å². The highest BCUT2D eigenvalue weighted by Crippen LogP contribution is 2.31. The molecule has 6 heteroatoms. The molecule has 3 heterocycles. The molecule has 1 saturated heterocycles. The fourth-order valence-corrected chi connectivity index (χ4v) is 3.73. The molecule has 0 saturated carbocycles. The Kier molecular flexibility index (Phi) is 4.40. The summed E-state index contributed by atoms with van der Waals surface area (Å²) in [5, 5.41) is 10.4. The summed E-state index contributed by atoms with van der Waals surface area (Å²) in [4.78, 5) is 3.41. The summed E-state index contributed by atoms with van der Waals surface area (Å²) in [6, 6.07) is 10.7. The number of piperidine rings is 1. The molecule has 0 N–H and O–H groups in total. The average Bonchev–Trinajstić information content (AvgIpc) is 3.29. The van der Waals surface area contributed by atoms with E-state index in [-0.39, 0.29) is 5.82 Å². The number of benzene rings is 1. The van der Waals surface area contributed by atoms with Gasteiger partial charge in [-0.25, -0.2) is 4.39 Å². The normalized spacial score (nSPS) is 16.5. The summed E-state index contributed by atoms with van der Waals surface area (Å²) in [5.41, 5.74) is 1.15. The van der Waals surface area contributed by atoms with Crippen molar-refractivity contribution in [1.29, 1.82) is 0 Å². The number of nitrogens with zero attached hydrogens (tertiary/aromatic N) is 3. The standard InChI is InChI=1S/C18H18FN3OS/c19-15-5-3-13(4-6-15)12-22-9-7-14(8-10-22)17-20-21-18(23-17)16-2-1-11-24-16/h1-6,11,14H,7-10,12H2. The zero-order valence-corrected chi connectivity index (χ0v) is 14.0. The van der Waals surface area contributed by atoms with Gasteiger partial charge in [0.15, 0.2) is 0 Å². The number of likely N-dealkylation sites (tertiary alicyclic amines) is 1. The predicted octanol–water partition coefficient (Wildman–Crippen LogP) is 4.32. The topological polar surface area (TPSA) is 42.2 Å². The van der Waals surface area contributed by atoms with Crippen molar-refractivity contribution >= 4 is 11.3 Å². The van der Waals surface area contributed by atoms with E-state index >= 15 is 0 Å². The maximum atomic E-state index is 13.0. The van der Waals surface area contributed by atoms with E-state index in [0.29, 0.717) is 11.8 Å². The van der Waals surface area contributed by atoms with Crippen LogP contribution in [0.2, 0.25) is 0 Å². The van der Waals surface area contributed by atoms with Crippen LogP contribution >= 0.6 is 11.3 Å². The van der Waals surface area contributed by atoms with Gasteiger partial charge in [0.1, 0.15) is 5.82 Å². The van der Waals surface area contributed by atoms with Crippen LogP contribution in [0.15, 0.2) is 46.2 Å². The molecule has 0 bridgehead atoms. The highest BCUT2D eigenvalue weighted by atomic mass is 32.1. The van der Waals surface area contributed by atoms with Crippen molar-refractivity contribution in [3.63, 3.8) is 0 Å². The van der Waals surface area contributed by atoms with Crippen LogP contribution in [-0.4, -0.2) is 28.2 Å². The van der Waals surface area contributed by atoms with Gasteiger partial charge in [-0.3, -0.25) is 4.90 Å². The third-order valence-electron chi connectivity index (χ3n) is 4.43. The number of hydrogen-bond donors (Lipinski definition) is 0. The van der Waals surface area contributed by atoms with Crippen LogP contribution in [0.5, 0.6) is 0 Å². The molecule has 0 unspecified atom stereocenters. The van der Waals surface area contributed by atoms with Crippen molar-refractivity contribution in [2.45, 2.75) is 25.3 Å². The van der Waals surface area contributed by atoms with Gasteiger partial charge < -0.3 is 4.42 Å². The Balaban J connectivity index is 1.35. The van der Waals surface area contributed by atoms with Gasteiger partial charge in [0.05, 0.1) is 4.88 Å². The number of thiophene rings is 1. The average molecular weight is 343 g/mol. The monoisotopic (exact) mass is 343 g/mol. The van der Waals surface area contributed by atoms with Crippen LogP contribution in [0.25, 0.3) is 10.8 Å². The van der Waals surface area contributed by atoms with Gasteiger partial charge in [0.25, 0.3) is 5.89 Å². The van der Waals surface area contributed by atoms with Crippen LogP contribution < -0.4 is 0 Å². The SMILES string of the molecule is Fc1ccc(CN2CCC(c3nnc(-c4cccs4)o3)CC2)cc1. The van der Waals surface area contributed by atoms with Crippen molar-refractivity contribution in [2.75, 3.05) is 13.1 Å². The molecule has 24 heavy (non-hydrogen) atoms. The Hall–Kier alpha value is -2.05. The Morgan fingerprint density at radius 3 is 2.62 bits per heavy atom. The third-order valence-corrected chi connectivity index (χ3v) is 5.29. The minimum absolute atomic E-state index is 0.185. The summed E-state index contributed by atoms with van der Waals surface area (Å²) in [7, 11) is 0. The van der Waals surface area contributed by atoms with E-state index in [1.165, 1.54) is 12.1 Å². The molecule has 1 aromatic carbocycles. The number of halogens is 1. The van der Waals surface area contributed by atoms with Crippen molar-refractivity contribution < 1.29 is 8.81 Å². The Labute approximate surface area is 143 Å². The Morgan fingerprint density at radius 1 is 1.12 bits per heavy atom. The van der Waals surface area contributed by atoms with Gasteiger partial charge in [-0.1, -0.05) is 18.2 Å². The first kappa shape index (κ1) is 15.5. The van der Waals surface area contributed by atoms with Crippen LogP contribution in [0.1, 0.15) is 30.2 Å². The highest BCUT2D eigenvalue weighted by molar-refractivity contribution is 7.13. The minimum atomic E-state index is -0.185. The van der Waals surface area contributed by atoms with Crippen LogP contribution in [0, 0.1) is 5.82 Å². The molecule has 0 amide bonds. The molecule has 0 atom stereocenters. The van der Waals surface area contributed by atoms with E-state index in [1.54, 1.807) is 11.3 Å². The molecule has 3 aromatic rings. The lowest BCUT2D eigenvalue weighted by Crippen LogP contribution is -2.32. The van der Waals surface area contributed by atoms with Crippen molar-refractivity contribution in [1.82, 2.24) is 15.1 Å². The van der Waals surface area contributed by atoms with Crippen molar-refractivity contribution in [3.8, 4) is 10.8 Å². The third kappa shape index (κ3) is 3.39. The maximum absolute atomic E-state index is 13.0. The first-order chi connectivity index (χ1) is 11.8. The summed E-state index contributed by atoms with van der Waals surface area (Å²) >= 11 is 1.61. The molecule has 1 aliphatic heterocycles. The lowest BCUT2D eigenvalue weighted by Gasteiger charge is -2.30. The predicted molar refractivity (Wildman–Crippen MR) is 91.3 cm³/mol. The fourth-order valence-electron chi connectivity index (χ4n) is 3.09. The van der Waals surface area contributed by atoms with Crippen LogP contribution in [0.4, 0.5) is 4.39 Å². The molecular formula is C18H18FN3OS. The molecule has 1 aliphatic rings. The van der Waals surface area contributed by atoms with Gasteiger partial charge in [0, 0.05) is 12.5 Å². The number of aromatic nitrogens is 2. The van der Waals surface area contributed by atoms with Gasteiger partial charge in [0.2, 0.25) is 5.89 Å². The van der Waals surface area contributed by atoms with Gasteiger partial charge in [-0.05, 0) is 55.1 Å².